The summed E-state index contributed by atoms with van der Waals surface area (Å²) in [5.74, 6) is -3.45. The molecule has 2 aliphatic heterocycles. The van der Waals surface area contributed by atoms with Crippen molar-refractivity contribution in [1.82, 2.24) is 15.3 Å². The van der Waals surface area contributed by atoms with E-state index >= 15 is 0 Å². The molecule has 2 heterocycles. The van der Waals surface area contributed by atoms with E-state index in [1.807, 2.05) is 0 Å². The largest absolute Gasteiger partial charge is 0.460 e. The van der Waals surface area contributed by atoms with Gasteiger partial charge in [0.15, 0.2) is 0 Å². The van der Waals surface area contributed by atoms with Gasteiger partial charge in [0, 0.05) is 13.1 Å². The number of hydrogen-bond acceptors (Lipinski definition) is 6. The van der Waals surface area contributed by atoms with Gasteiger partial charge in [-0.05, 0) is 61.8 Å². The first-order chi connectivity index (χ1) is 12.9. The van der Waals surface area contributed by atoms with E-state index in [-0.39, 0.29) is 19.1 Å². The Labute approximate surface area is 172 Å². The third-order valence-corrected chi connectivity index (χ3v) is 4.98. The molecule has 2 atom stereocenters. The van der Waals surface area contributed by atoms with Crippen LogP contribution in [-0.2, 0) is 14.3 Å². The smallest absolute Gasteiger partial charge is 0.410 e. The zero-order chi connectivity index (χ0) is 22.4. The van der Waals surface area contributed by atoms with E-state index in [2.05, 4.69) is 5.43 Å². The molecule has 0 spiro atoms. The number of carbonyl (C=O) groups is 2. The number of fused-ring (bicyclic) bond motifs is 1. The van der Waals surface area contributed by atoms with Crippen LogP contribution in [0.15, 0.2) is 0 Å². The van der Waals surface area contributed by atoms with E-state index in [0.29, 0.717) is 6.42 Å². The van der Waals surface area contributed by atoms with Gasteiger partial charge in [0.05, 0.1) is 18.0 Å². The molecule has 2 fully saturated rings. The Morgan fingerprint density at radius 2 is 1.59 bits per heavy atom. The van der Waals surface area contributed by atoms with Gasteiger partial charge in [0.2, 0.25) is 0 Å². The molecule has 0 aromatic rings. The zero-order valence-electron chi connectivity index (χ0n) is 18.8. The lowest BCUT2D eigenvalue weighted by Crippen LogP contribution is -2.49. The fourth-order valence-corrected chi connectivity index (χ4v) is 3.51. The molecule has 29 heavy (non-hydrogen) atoms. The molecule has 7 nitrogen and oxygen atoms in total. The summed E-state index contributed by atoms with van der Waals surface area (Å²) in [6.45, 7) is 13.7. The van der Waals surface area contributed by atoms with E-state index in [4.69, 9.17) is 9.47 Å². The van der Waals surface area contributed by atoms with Gasteiger partial charge in [-0.1, -0.05) is 0 Å². The molecule has 0 unspecified atom stereocenters. The second kappa shape index (κ2) is 7.65. The lowest BCUT2D eigenvalue weighted by atomic mass is 9.89. The van der Waals surface area contributed by atoms with Crippen molar-refractivity contribution in [2.75, 3.05) is 19.6 Å². The number of hydrazine groups is 1. The Bertz CT molecular complexity index is 641. The molecule has 2 saturated heterocycles. The summed E-state index contributed by atoms with van der Waals surface area (Å²) < 4.78 is 40.3. The molecular formula is C20H35F2N3O4. The minimum atomic E-state index is -3.08. The van der Waals surface area contributed by atoms with E-state index in [1.165, 1.54) is 5.01 Å². The summed E-state index contributed by atoms with van der Waals surface area (Å²) in [5.41, 5.74) is 0.776. The van der Waals surface area contributed by atoms with Gasteiger partial charge in [-0.3, -0.25) is 15.1 Å². The number of hydrogen-bond donors (Lipinski definition) is 1. The van der Waals surface area contributed by atoms with Crippen LogP contribution in [0.25, 0.3) is 0 Å². The van der Waals surface area contributed by atoms with Crippen LogP contribution in [0.3, 0.4) is 0 Å². The summed E-state index contributed by atoms with van der Waals surface area (Å²) >= 11 is 0. The van der Waals surface area contributed by atoms with Crippen LogP contribution in [0.2, 0.25) is 0 Å². The predicted molar refractivity (Wildman–Crippen MR) is 104 cm³/mol. The van der Waals surface area contributed by atoms with Crippen molar-refractivity contribution in [3.8, 4) is 0 Å². The van der Waals surface area contributed by atoms with E-state index in [0.717, 1.165) is 4.90 Å². The Balaban J connectivity index is 2.05. The van der Waals surface area contributed by atoms with Crippen LogP contribution in [0.5, 0.6) is 0 Å². The number of halogens is 2. The summed E-state index contributed by atoms with van der Waals surface area (Å²) in [6.07, 6.45) is -0.400. The molecule has 0 aromatic heterocycles. The van der Waals surface area contributed by atoms with E-state index in [9.17, 15) is 18.4 Å². The van der Waals surface area contributed by atoms with Gasteiger partial charge in [-0.2, -0.15) is 0 Å². The number of carbonyl (C=O) groups excluding carboxylic acids is 2. The molecule has 168 valence electrons. The van der Waals surface area contributed by atoms with Crippen molar-refractivity contribution < 1.29 is 27.8 Å². The first-order valence-electron chi connectivity index (χ1n) is 10.0. The van der Waals surface area contributed by atoms with Crippen LogP contribution in [0, 0.1) is 5.41 Å². The van der Waals surface area contributed by atoms with Crippen molar-refractivity contribution in [3.05, 3.63) is 0 Å². The lowest BCUT2D eigenvalue weighted by molar-refractivity contribution is -0.166. The molecule has 0 bridgehead atoms. The van der Waals surface area contributed by atoms with Crippen LogP contribution in [0.1, 0.15) is 61.8 Å². The summed E-state index contributed by atoms with van der Waals surface area (Å²) in [7, 11) is 0. The minimum Gasteiger partial charge on any atom is -0.460 e. The molecule has 2 aliphatic rings. The average molecular weight is 420 g/mol. The fourth-order valence-electron chi connectivity index (χ4n) is 3.51. The topological polar surface area (TPSA) is 71.1 Å². The number of nitrogens with zero attached hydrogens (tertiary/aromatic N) is 2. The van der Waals surface area contributed by atoms with Gasteiger partial charge >= 0.3 is 12.1 Å². The molecule has 0 aliphatic carbocycles. The Hall–Kier alpha value is -1.48. The van der Waals surface area contributed by atoms with Crippen LogP contribution < -0.4 is 5.43 Å². The first-order valence-corrected chi connectivity index (χ1v) is 10.0. The quantitative estimate of drug-likeness (QED) is 0.706. The van der Waals surface area contributed by atoms with Crippen molar-refractivity contribution in [2.45, 2.75) is 91.0 Å². The van der Waals surface area contributed by atoms with Crippen LogP contribution in [0.4, 0.5) is 13.6 Å². The molecule has 1 amide bonds. The third-order valence-electron chi connectivity index (χ3n) is 4.98. The number of amides is 1. The molecular weight excluding hydrogens is 384 g/mol. The first kappa shape index (κ1) is 23.8. The third kappa shape index (κ3) is 5.78. The Kier molecular flexibility index (Phi) is 6.28. The maximum absolute atomic E-state index is 14.8. The summed E-state index contributed by atoms with van der Waals surface area (Å²) in [5, 5.41) is 1.46. The van der Waals surface area contributed by atoms with Gasteiger partial charge in [0.1, 0.15) is 17.2 Å². The molecule has 9 heteroatoms. The normalized spacial score (nSPS) is 25.1. The van der Waals surface area contributed by atoms with Crippen LogP contribution >= 0.6 is 0 Å². The second-order valence-corrected chi connectivity index (χ2v) is 10.6. The minimum absolute atomic E-state index is 0.215. The highest BCUT2D eigenvalue weighted by Crippen LogP contribution is 2.39. The maximum atomic E-state index is 14.8. The SMILES string of the molecule is CC(C)(C)OC(=O)N1CC(F)(F)[C@@H]2[C@H]1CNN2CCC(C)(C)C(=O)OC(C)(C)C. The van der Waals surface area contributed by atoms with Crippen molar-refractivity contribution >= 4 is 12.1 Å². The standard InChI is InChI=1S/C20H35F2N3O4/c1-17(2,3)28-15(26)19(7,8)9-10-25-14-13(11-23-25)24(12-20(14,21)22)16(27)29-18(4,5)6/h13-14,23H,9-12H2,1-8H3/t13-,14+/m1/s1. The van der Waals surface area contributed by atoms with Gasteiger partial charge < -0.3 is 9.47 Å². The number of alkyl halides is 2. The average Bonchev–Trinajstić information content (AvgIpc) is 3.02. The van der Waals surface area contributed by atoms with Crippen molar-refractivity contribution in [2.24, 2.45) is 5.41 Å². The Morgan fingerprint density at radius 1 is 1.03 bits per heavy atom. The fraction of sp³-hybridized carbons (Fsp3) is 0.900. The van der Waals surface area contributed by atoms with E-state index < -0.39 is 47.3 Å². The van der Waals surface area contributed by atoms with Gasteiger partial charge in [0.25, 0.3) is 5.92 Å². The number of rotatable bonds is 4. The predicted octanol–water partition coefficient (Wildman–Crippen LogP) is 3.19. The number of esters is 1. The van der Waals surface area contributed by atoms with Crippen molar-refractivity contribution in [3.63, 3.8) is 0 Å². The Morgan fingerprint density at radius 3 is 2.10 bits per heavy atom. The van der Waals surface area contributed by atoms with Gasteiger partial charge in [-0.25, -0.2) is 18.6 Å². The molecule has 0 aromatic carbocycles. The van der Waals surface area contributed by atoms with E-state index in [1.54, 1.807) is 55.4 Å². The number of likely N-dealkylation sites (tertiary alicyclic amines) is 1. The maximum Gasteiger partial charge on any atom is 0.410 e. The molecule has 0 saturated carbocycles. The highest BCUT2D eigenvalue weighted by atomic mass is 19.3. The summed E-state index contributed by atoms with van der Waals surface area (Å²) in [4.78, 5) is 25.9. The highest BCUT2D eigenvalue weighted by molar-refractivity contribution is 5.76. The highest BCUT2D eigenvalue weighted by Gasteiger charge is 2.61. The number of ether oxygens (including phenoxy) is 2. The molecule has 0 radical (unpaired) electrons. The van der Waals surface area contributed by atoms with Crippen molar-refractivity contribution in [1.29, 1.82) is 0 Å². The lowest BCUT2D eigenvalue weighted by Gasteiger charge is -2.32. The number of nitrogens with one attached hydrogen (secondary N) is 1. The zero-order valence-corrected chi connectivity index (χ0v) is 18.8. The summed E-state index contributed by atoms with van der Waals surface area (Å²) in [6, 6.07) is -1.85. The van der Waals surface area contributed by atoms with Crippen LogP contribution in [-0.4, -0.2) is 70.8 Å². The molecule has 1 N–H and O–H groups in total. The molecule has 2 rings (SSSR count). The second-order valence-electron chi connectivity index (χ2n) is 10.6. The van der Waals surface area contributed by atoms with Gasteiger partial charge in [-0.15, -0.1) is 0 Å². The monoisotopic (exact) mass is 419 g/mol.